The van der Waals surface area contributed by atoms with Crippen LogP contribution in [-0.2, 0) is 27.1 Å². The summed E-state index contributed by atoms with van der Waals surface area (Å²) in [5.74, 6) is 1.08. The number of aryl methyl sites for hydroxylation is 2. The van der Waals surface area contributed by atoms with Crippen molar-refractivity contribution in [3.05, 3.63) is 50.7 Å². The van der Waals surface area contributed by atoms with Crippen molar-refractivity contribution in [2.24, 2.45) is 20.0 Å². The molecule has 0 spiro atoms. The molecule has 0 radical (unpaired) electrons. The average Bonchev–Trinajstić information content (AvgIpc) is 3.03. The Morgan fingerprint density at radius 3 is 2.42 bits per heavy atom. The molecule has 136 valence electrons. The van der Waals surface area contributed by atoms with E-state index in [1.54, 1.807) is 7.05 Å². The number of rotatable bonds is 2. The lowest BCUT2D eigenvalue weighted by Crippen LogP contribution is -2.38. The molecular formula is C19H23N5O2. The second kappa shape index (κ2) is 5.86. The molecule has 0 unspecified atom stereocenters. The van der Waals surface area contributed by atoms with Gasteiger partial charge in [0.15, 0.2) is 11.2 Å². The van der Waals surface area contributed by atoms with Crippen LogP contribution in [0.3, 0.4) is 0 Å². The molecule has 0 saturated heterocycles. The van der Waals surface area contributed by atoms with E-state index in [2.05, 4.69) is 48.0 Å². The van der Waals surface area contributed by atoms with Crippen molar-refractivity contribution in [2.45, 2.75) is 26.8 Å². The molecule has 7 nitrogen and oxygen atoms in total. The number of benzene rings is 1. The number of hydrogen-bond acceptors (Lipinski definition) is 4. The first-order valence-corrected chi connectivity index (χ1v) is 8.95. The third-order valence-corrected chi connectivity index (χ3v) is 5.21. The molecule has 0 N–H and O–H groups in total. The fourth-order valence-corrected chi connectivity index (χ4v) is 3.71. The van der Waals surface area contributed by atoms with Gasteiger partial charge in [-0.05, 0) is 30.0 Å². The van der Waals surface area contributed by atoms with Gasteiger partial charge in [-0.1, -0.05) is 26.0 Å². The van der Waals surface area contributed by atoms with Gasteiger partial charge in [-0.3, -0.25) is 13.9 Å². The van der Waals surface area contributed by atoms with Gasteiger partial charge in [-0.15, -0.1) is 0 Å². The number of nitrogens with zero attached hydrogens (tertiary/aromatic N) is 5. The normalized spacial score (nSPS) is 16.9. The van der Waals surface area contributed by atoms with Crippen LogP contribution in [0.2, 0.25) is 0 Å². The van der Waals surface area contributed by atoms with E-state index in [0.717, 1.165) is 29.2 Å². The highest BCUT2D eigenvalue weighted by molar-refractivity contribution is 5.77. The number of aromatic nitrogens is 4. The highest BCUT2D eigenvalue weighted by atomic mass is 16.2. The minimum Gasteiger partial charge on any atom is -0.312 e. The van der Waals surface area contributed by atoms with Gasteiger partial charge in [0.2, 0.25) is 5.95 Å². The van der Waals surface area contributed by atoms with Gasteiger partial charge in [0, 0.05) is 32.9 Å². The van der Waals surface area contributed by atoms with Crippen molar-refractivity contribution in [1.82, 2.24) is 18.7 Å². The summed E-state index contributed by atoms with van der Waals surface area (Å²) in [5, 5.41) is 0. The molecule has 0 amide bonds. The van der Waals surface area contributed by atoms with Gasteiger partial charge < -0.3 is 9.47 Å². The lowest BCUT2D eigenvalue weighted by molar-refractivity contribution is 0.458. The fourth-order valence-electron chi connectivity index (χ4n) is 3.71. The van der Waals surface area contributed by atoms with Crippen LogP contribution in [0.4, 0.5) is 11.6 Å². The Balaban J connectivity index is 1.98. The Hall–Kier alpha value is -2.83. The summed E-state index contributed by atoms with van der Waals surface area (Å²) < 4.78 is 4.56. The highest BCUT2D eigenvalue weighted by Gasteiger charge is 2.29. The highest BCUT2D eigenvalue weighted by Crippen LogP contribution is 2.32. The van der Waals surface area contributed by atoms with E-state index in [4.69, 9.17) is 0 Å². The van der Waals surface area contributed by atoms with E-state index in [1.807, 2.05) is 4.57 Å². The van der Waals surface area contributed by atoms with Crippen LogP contribution in [0, 0.1) is 5.92 Å². The molecule has 3 heterocycles. The summed E-state index contributed by atoms with van der Waals surface area (Å²) in [6.45, 7) is 5.83. The van der Waals surface area contributed by atoms with Gasteiger partial charge in [-0.2, -0.15) is 4.98 Å². The van der Waals surface area contributed by atoms with Gasteiger partial charge in [0.25, 0.3) is 5.56 Å². The second-order valence-electron chi connectivity index (χ2n) is 7.14. The molecule has 2 aromatic heterocycles. The number of hydrogen-bond donors (Lipinski definition) is 0. The Morgan fingerprint density at radius 2 is 1.77 bits per heavy atom. The van der Waals surface area contributed by atoms with E-state index in [9.17, 15) is 9.59 Å². The largest absolute Gasteiger partial charge is 0.332 e. The van der Waals surface area contributed by atoms with Crippen molar-refractivity contribution in [3.63, 3.8) is 0 Å². The van der Waals surface area contributed by atoms with Gasteiger partial charge in [0.05, 0.1) is 0 Å². The summed E-state index contributed by atoms with van der Waals surface area (Å²) in [6, 6.07) is 8.43. The van der Waals surface area contributed by atoms with Crippen LogP contribution in [-0.4, -0.2) is 25.2 Å². The van der Waals surface area contributed by atoms with Crippen molar-refractivity contribution >= 4 is 22.8 Å². The summed E-state index contributed by atoms with van der Waals surface area (Å²) in [5.41, 5.74) is 2.61. The molecule has 1 aromatic carbocycles. The molecule has 3 aromatic rings. The van der Waals surface area contributed by atoms with E-state index < -0.39 is 0 Å². The lowest BCUT2D eigenvalue weighted by atomic mass is 10.1. The molecule has 1 atom stereocenters. The summed E-state index contributed by atoms with van der Waals surface area (Å²) in [4.78, 5) is 31.8. The Morgan fingerprint density at radius 1 is 1.08 bits per heavy atom. The molecule has 0 fully saturated rings. The topological polar surface area (TPSA) is 65.1 Å². The molecule has 4 rings (SSSR count). The van der Waals surface area contributed by atoms with E-state index >= 15 is 0 Å². The predicted molar refractivity (Wildman–Crippen MR) is 102 cm³/mol. The summed E-state index contributed by atoms with van der Waals surface area (Å²) in [7, 11) is 3.17. The van der Waals surface area contributed by atoms with Crippen molar-refractivity contribution in [3.8, 4) is 0 Å². The monoisotopic (exact) mass is 353 g/mol. The van der Waals surface area contributed by atoms with Crippen LogP contribution < -0.4 is 16.1 Å². The quantitative estimate of drug-likeness (QED) is 0.704. The number of imidazole rings is 1. The smallest absolute Gasteiger partial charge is 0.312 e. The van der Waals surface area contributed by atoms with Crippen molar-refractivity contribution in [1.29, 1.82) is 0 Å². The van der Waals surface area contributed by atoms with Gasteiger partial charge >= 0.3 is 5.69 Å². The Kier molecular flexibility index (Phi) is 3.75. The number of fused-ring (bicyclic) bond motifs is 3. The maximum atomic E-state index is 12.7. The maximum Gasteiger partial charge on any atom is 0.332 e. The molecule has 26 heavy (non-hydrogen) atoms. The predicted octanol–water partition coefficient (Wildman–Crippen LogP) is 1.78. The maximum absolute atomic E-state index is 12.7. The first kappa shape index (κ1) is 16.6. The third kappa shape index (κ3) is 2.30. The molecule has 1 aliphatic rings. The van der Waals surface area contributed by atoms with Crippen LogP contribution in [0.15, 0.2) is 33.9 Å². The van der Waals surface area contributed by atoms with Crippen LogP contribution >= 0.6 is 0 Å². The van der Waals surface area contributed by atoms with E-state index in [0.29, 0.717) is 23.6 Å². The summed E-state index contributed by atoms with van der Waals surface area (Å²) >= 11 is 0. The van der Waals surface area contributed by atoms with Crippen LogP contribution in [0.5, 0.6) is 0 Å². The first-order chi connectivity index (χ1) is 12.4. The van der Waals surface area contributed by atoms with E-state index in [1.165, 1.54) is 17.2 Å². The lowest BCUT2D eigenvalue weighted by Gasteiger charge is -2.33. The van der Waals surface area contributed by atoms with Gasteiger partial charge in [0.1, 0.15) is 0 Å². The first-order valence-electron chi connectivity index (χ1n) is 8.95. The SMILES string of the molecule is CCc1ccc(N2C[C@H](C)Cn3c2nc2c3c(=O)n(C)c(=O)n2C)cc1. The fraction of sp³-hybridized carbons (Fsp3) is 0.421. The van der Waals surface area contributed by atoms with Crippen LogP contribution in [0.1, 0.15) is 19.4 Å². The molecule has 0 bridgehead atoms. The second-order valence-corrected chi connectivity index (χ2v) is 7.14. The molecule has 0 aliphatic carbocycles. The zero-order valence-electron chi connectivity index (χ0n) is 15.6. The third-order valence-electron chi connectivity index (χ3n) is 5.21. The van der Waals surface area contributed by atoms with Gasteiger partial charge in [-0.25, -0.2) is 4.79 Å². The van der Waals surface area contributed by atoms with E-state index in [-0.39, 0.29) is 11.2 Å². The minimum atomic E-state index is -0.357. The Labute approximate surface area is 151 Å². The van der Waals surface area contributed by atoms with Crippen LogP contribution in [0.25, 0.3) is 11.2 Å². The Bertz CT molecular complexity index is 1100. The zero-order chi connectivity index (χ0) is 18.6. The average molecular weight is 353 g/mol. The number of anilines is 2. The molecule has 7 heteroatoms. The molecule has 1 aliphatic heterocycles. The minimum absolute atomic E-state index is 0.294. The van der Waals surface area contributed by atoms with Crippen molar-refractivity contribution < 1.29 is 0 Å². The zero-order valence-corrected chi connectivity index (χ0v) is 15.6. The molecule has 0 saturated carbocycles. The standard InChI is InChI=1S/C19H23N5O2/c1-5-13-6-8-14(9-7-13)23-10-12(2)11-24-15-16(20-18(23)24)21(3)19(26)22(4)17(15)25/h6-9,12H,5,10-11H2,1-4H3/t12-/m0/s1. The summed E-state index contributed by atoms with van der Waals surface area (Å²) in [6.07, 6.45) is 0.993. The molecular weight excluding hydrogens is 330 g/mol. The van der Waals surface area contributed by atoms with Crippen molar-refractivity contribution in [2.75, 3.05) is 11.4 Å².